The Bertz CT molecular complexity index is 888. The van der Waals surface area contributed by atoms with Crippen molar-refractivity contribution < 1.29 is 28.8 Å². The average molecular weight is 417 g/mol. The predicted molar refractivity (Wildman–Crippen MR) is 110 cm³/mol. The van der Waals surface area contributed by atoms with Crippen molar-refractivity contribution in [1.82, 2.24) is 15.2 Å². The number of methoxy groups -OCH3 is 1. The van der Waals surface area contributed by atoms with E-state index in [0.29, 0.717) is 39.2 Å². The number of fused-ring (bicyclic) bond motifs is 1. The van der Waals surface area contributed by atoms with E-state index in [1.807, 2.05) is 30.5 Å². The fourth-order valence-electron chi connectivity index (χ4n) is 3.73. The number of aromatic amines is 1. The largest absolute Gasteiger partial charge is 0.467 e. The Morgan fingerprint density at radius 1 is 1.23 bits per heavy atom. The highest BCUT2D eigenvalue weighted by molar-refractivity contribution is 5.87. The molecule has 3 N–H and O–H groups in total. The summed E-state index contributed by atoms with van der Waals surface area (Å²) in [5.74, 6) is -0.694. The molecule has 1 aliphatic heterocycles. The number of quaternary nitrogens is 1. The lowest BCUT2D eigenvalue weighted by Gasteiger charge is -2.31. The third kappa shape index (κ3) is 5.29. The summed E-state index contributed by atoms with van der Waals surface area (Å²) in [5.41, 5.74) is 1.92. The number of hydrogen-bond acceptors (Lipinski definition) is 5. The van der Waals surface area contributed by atoms with E-state index >= 15 is 0 Å². The van der Waals surface area contributed by atoms with Gasteiger partial charge in [-0.2, -0.15) is 0 Å². The van der Waals surface area contributed by atoms with Crippen LogP contribution in [0.25, 0.3) is 10.9 Å². The standard InChI is InChI=1S/C21H28N4O5/c1-3-30-21(28)25-10-8-24(9-11-25)14-19(26)23-18(20(27)29-2)12-15-13-22-17-7-5-4-6-16(15)17/h4-7,13,18,22H,3,8-12,14H2,1-2H3,(H,23,26)/p+1/t18-/m0/s1. The third-order valence-corrected chi connectivity index (χ3v) is 5.33. The number of benzene rings is 1. The Hall–Kier alpha value is -3.07. The molecule has 1 aliphatic rings. The van der Waals surface area contributed by atoms with Gasteiger partial charge in [-0.05, 0) is 18.6 Å². The van der Waals surface area contributed by atoms with Crippen LogP contribution in [0, 0.1) is 0 Å². The minimum absolute atomic E-state index is 0.218. The number of hydrogen-bond donors (Lipinski definition) is 3. The summed E-state index contributed by atoms with van der Waals surface area (Å²) in [6.45, 7) is 4.74. The summed E-state index contributed by atoms with van der Waals surface area (Å²) in [5, 5.41) is 3.83. The molecular formula is C21H29N4O5+. The van der Waals surface area contributed by atoms with E-state index in [-0.39, 0.29) is 18.5 Å². The van der Waals surface area contributed by atoms with Gasteiger partial charge in [0.2, 0.25) is 0 Å². The SMILES string of the molecule is CCOC(=O)N1CC[NH+](CC(=O)N[C@@H](Cc2c[nH]c3ccccc23)C(=O)OC)CC1. The van der Waals surface area contributed by atoms with Crippen LogP contribution < -0.4 is 10.2 Å². The van der Waals surface area contributed by atoms with Crippen LogP contribution >= 0.6 is 0 Å². The van der Waals surface area contributed by atoms with E-state index in [1.165, 1.54) is 7.11 Å². The van der Waals surface area contributed by atoms with Gasteiger partial charge in [0.1, 0.15) is 6.04 Å². The molecule has 2 aromatic rings. The van der Waals surface area contributed by atoms with Crippen LogP contribution in [0.2, 0.25) is 0 Å². The number of nitrogens with one attached hydrogen (secondary N) is 3. The average Bonchev–Trinajstić information content (AvgIpc) is 3.16. The molecule has 1 aromatic carbocycles. The Morgan fingerprint density at radius 3 is 2.67 bits per heavy atom. The zero-order chi connectivity index (χ0) is 21.5. The van der Waals surface area contributed by atoms with Gasteiger partial charge in [0.25, 0.3) is 5.91 Å². The van der Waals surface area contributed by atoms with E-state index in [0.717, 1.165) is 21.4 Å². The summed E-state index contributed by atoms with van der Waals surface area (Å²) in [6, 6.07) is 7.05. The summed E-state index contributed by atoms with van der Waals surface area (Å²) >= 11 is 0. The molecule has 0 unspecified atom stereocenters. The van der Waals surface area contributed by atoms with E-state index in [2.05, 4.69) is 10.3 Å². The second-order valence-electron chi connectivity index (χ2n) is 7.32. The number of nitrogens with zero attached hydrogens (tertiary/aromatic N) is 1. The van der Waals surface area contributed by atoms with Crippen LogP contribution in [0.3, 0.4) is 0 Å². The number of aromatic nitrogens is 1. The van der Waals surface area contributed by atoms with Crippen LogP contribution in [0.1, 0.15) is 12.5 Å². The van der Waals surface area contributed by atoms with Crippen LogP contribution in [0.4, 0.5) is 4.79 Å². The molecule has 0 radical (unpaired) electrons. The molecule has 2 amide bonds. The minimum atomic E-state index is -0.762. The summed E-state index contributed by atoms with van der Waals surface area (Å²) < 4.78 is 9.91. The molecule has 1 saturated heterocycles. The first-order valence-electron chi connectivity index (χ1n) is 10.2. The third-order valence-electron chi connectivity index (χ3n) is 5.33. The number of carbonyl (C=O) groups excluding carboxylic acids is 3. The van der Waals surface area contributed by atoms with Crippen molar-refractivity contribution in [3.63, 3.8) is 0 Å². The van der Waals surface area contributed by atoms with Crippen molar-refractivity contribution in [1.29, 1.82) is 0 Å². The lowest BCUT2D eigenvalue weighted by molar-refractivity contribution is -0.896. The molecule has 0 bridgehead atoms. The fourth-order valence-corrected chi connectivity index (χ4v) is 3.73. The predicted octanol–water partition coefficient (Wildman–Crippen LogP) is -0.275. The van der Waals surface area contributed by atoms with Crippen LogP contribution in [0.5, 0.6) is 0 Å². The number of piperazine rings is 1. The molecule has 9 nitrogen and oxygen atoms in total. The van der Waals surface area contributed by atoms with Gasteiger partial charge in [0.05, 0.1) is 39.9 Å². The quantitative estimate of drug-likeness (QED) is 0.538. The van der Waals surface area contributed by atoms with Gasteiger partial charge in [0, 0.05) is 23.5 Å². The zero-order valence-electron chi connectivity index (χ0n) is 17.4. The molecular weight excluding hydrogens is 388 g/mol. The molecule has 9 heteroatoms. The van der Waals surface area contributed by atoms with Crippen LogP contribution in [0.15, 0.2) is 30.5 Å². The van der Waals surface area contributed by atoms with E-state index in [1.54, 1.807) is 11.8 Å². The van der Waals surface area contributed by atoms with Gasteiger partial charge in [-0.15, -0.1) is 0 Å². The lowest BCUT2D eigenvalue weighted by Crippen LogP contribution is -3.16. The number of carbonyl (C=O) groups is 3. The topological polar surface area (TPSA) is 105 Å². The maximum atomic E-state index is 12.6. The first-order valence-corrected chi connectivity index (χ1v) is 10.2. The van der Waals surface area contributed by atoms with Crippen LogP contribution in [-0.2, 0) is 25.5 Å². The maximum Gasteiger partial charge on any atom is 0.410 e. The number of para-hydroxylation sites is 1. The van der Waals surface area contributed by atoms with Gasteiger partial charge >= 0.3 is 12.1 Å². The molecule has 1 fully saturated rings. The van der Waals surface area contributed by atoms with E-state index < -0.39 is 12.0 Å². The Labute approximate surface area is 175 Å². The number of amides is 2. The summed E-state index contributed by atoms with van der Waals surface area (Å²) in [4.78, 5) is 42.5. The van der Waals surface area contributed by atoms with Crippen LogP contribution in [-0.4, -0.2) is 80.3 Å². The lowest BCUT2D eigenvalue weighted by atomic mass is 10.0. The highest BCUT2D eigenvalue weighted by Crippen LogP contribution is 2.19. The summed E-state index contributed by atoms with van der Waals surface area (Å²) in [6.07, 6.45) is 1.88. The molecule has 3 rings (SSSR count). The highest BCUT2D eigenvalue weighted by Gasteiger charge is 2.28. The van der Waals surface area contributed by atoms with Crippen molar-refractivity contribution >= 4 is 28.9 Å². The van der Waals surface area contributed by atoms with Crippen molar-refractivity contribution in [2.75, 3.05) is 46.4 Å². The fraction of sp³-hybridized carbons (Fsp3) is 0.476. The zero-order valence-corrected chi connectivity index (χ0v) is 17.4. The van der Waals surface area contributed by atoms with Gasteiger partial charge in [0.15, 0.2) is 6.54 Å². The Kier molecular flexibility index (Phi) is 7.29. The first-order chi connectivity index (χ1) is 14.5. The van der Waals surface area contributed by atoms with Crippen molar-refractivity contribution in [3.05, 3.63) is 36.0 Å². The van der Waals surface area contributed by atoms with Crippen molar-refractivity contribution in [3.8, 4) is 0 Å². The van der Waals surface area contributed by atoms with Gasteiger partial charge in [-0.1, -0.05) is 18.2 Å². The highest BCUT2D eigenvalue weighted by atomic mass is 16.6. The molecule has 2 heterocycles. The number of ether oxygens (including phenoxy) is 2. The Morgan fingerprint density at radius 2 is 1.97 bits per heavy atom. The molecule has 0 aliphatic carbocycles. The van der Waals surface area contributed by atoms with Crippen molar-refractivity contribution in [2.24, 2.45) is 0 Å². The molecule has 1 atom stereocenters. The number of esters is 1. The molecule has 0 saturated carbocycles. The summed E-state index contributed by atoms with van der Waals surface area (Å²) in [7, 11) is 1.32. The van der Waals surface area contributed by atoms with Gasteiger partial charge < -0.3 is 24.7 Å². The smallest absolute Gasteiger partial charge is 0.410 e. The molecule has 0 spiro atoms. The van der Waals surface area contributed by atoms with Gasteiger partial charge in [-0.25, -0.2) is 9.59 Å². The first kappa shape index (κ1) is 21.6. The minimum Gasteiger partial charge on any atom is -0.467 e. The van der Waals surface area contributed by atoms with E-state index in [4.69, 9.17) is 9.47 Å². The van der Waals surface area contributed by atoms with Crippen molar-refractivity contribution in [2.45, 2.75) is 19.4 Å². The monoisotopic (exact) mass is 417 g/mol. The number of rotatable bonds is 7. The molecule has 162 valence electrons. The second-order valence-corrected chi connectivity index (χ2v) is 7.32. The second kappa shape index (κ2) is 10.1. The molecule has 30 heavy (non-hydrogen) atoms. The normalized spacial score (nSPS) is 15.6. The molecule has 1 aromatic heterocycles. The van der Waals surface area contributed by atoms with Gasteiger partial charge in [-0.3, -0.25) is 9.69 Å². The Balaban J connectivity index is 1.56. The van der Waals surface area contributed by atoms with E-state index in [9.17, 15) is 14.4 Å². The maximum absolute atomic E-state index is 12.6. The number of H-pyrrole nitrogens is 1.